The molecule has 22 heavy (non-hydrogen) atoms. The van der Waals surface area contributed by atoms with Crippen molar-refractivity contribution >= 4 is 5.70 Å². The molecule has 114 valence electrons. The van der Waals surface area contributed by atoms with Crippen LogP contribution in [0.2, 0.25) is 0 Å². The molecule has 7 heteroatoms. The van der Waals surface area contributed by atoms with Crippen LogP contribution in [0.15, 0.2) is 40.7 Å². The molecule has 0 aliphatic carbocycles. The highest BCUT2D eigenvalue weighted by molar-refractivity contribution is 5.62. The maximum atomic E-state index is 5.96. The number of nitrogens with zero attached hydrogens (tertiary/aromatic N) is 4. The van der Waals surface area contributed by atoms with E-state index in [-0.39, 0.29) is 0 Å². The summed E-state index contributed by atoms with van der Waals surface area (Å²) in [6.07, 6.45) is 4.95. The van der Waals surface area contributed by atoms with E-state index in [9.17, 15) is 0 Å². The summed E-state index contributed by atoms with van der Waals surface area (Å²) in [7, 11) is 0. The molecule has 0 saturated carbocycles. The van der Waals surface area contributed by atoms with Crippen molar-refractivity contribution < 1.29 is 4.42 Å². The van der Waals surface area contributed by atoms with Gasteiger partial charge in [-0.05, 0) is 26.8 Å². The van der Waals surface area contributed by atoms with Gasteiger partial charge in [0.2, 0.25) is 5.89 Å². The Balaban J connectivity index is 1.93. The molecule has 2 aromatic heterocycles. The van der Waals surface area contributed by atoms with E-state index in [1.54, 1.807) is 6.20 Å². The summed E-state index contributed by atoms with van der Waals surface area (Å²) >= 11 is 0. The van der Waals surface area contributed by atoms with Gasteiger partial charge in [-0.2, -0.15) is 0 Å². The predicted molar refractivity (Wildman–Crippen MR) is 81.6 cm³/mol. The van der Waals surface area contributed by atoms with E-state index in [1.165, 1.54) is 6.26 Å². The van der Waals surface area contributed by atoms with Crippen LogP contribution in [0.4, 0.5) is 0 Å². The van der Waals surface area contributed by atoms with Crippen LogP contribution < -0.4 is 11.1 Å². The van der Waals surface area contributed by atoms with Gasteiger partial charge < -0.3 is 20.4 Å². The summed E-state index contributed by atoms with van der Waals surface area (Å²) in [4.78, 5) is 15.1. The van der Waals surface area contributed by atoms with Crippen molar-refractivity contribution in [3.63, 3.8) is 0 Å². The second kappa shape index (κ2) is 5.51. The molecule has 3 N–H and O–H groups in total. The highest BCUT2D eigenvalue weighted by Gasteiger charge is 2.21. The Bertz CT molecular complexity index is 727. The number of hydrogen-bond donors (Lipinski definition) is 2. The van der Waals surface area contributed by atoms with E-state index in [4.69, 9.17) is 10.2 Å². The summed E-state index contributed by atoms with van der Waals surface area (Å²) in [5.41, 5.74) is 9.55. The summed E-state index contributed by atoms with van der Waals surface area (Å²) < 4.78 is 5.36. The van der Waals surface area contributed by atoms with E-state index in [1.807, 2.05) is 37.9 Å². The minimum atomic E-state index is 0.500. The molecule has 7 nitrogen and oxygen atoms in total. The van der Waals surface area contributed by atoms with Gasteiger partial charge >= 0.3 is 0 Å². The third-order valence-corrected chi connectivity index (χ3v) is 3.34. The number of allylic oxidation sites excluding steroid dienone is 1. The van der Waals surface area contributed by atoms with E-state index in [0.29, 0.717) is 18.3 Å². The number of hydrogen-bond acceptors (Lipinski definition) is 7. The Labute approximate surface area is 128 Å². The Hall–Kier alpha value is -2.83. The van der Waals surface area contributed by atoms with Gasteiger partial charge in [-0.15, -0.1) is 0 Å². The van der Waals surface area contributed by atoms with Crippen molar-refractivity contribution in [3.8, 4) is 0 Å². The maximum absolute atomic E-state index is 5.96. The van der Waals surface area contributed by atoms with Crippen molar-refractivity contribution in [3.05, 3.63) is 59.3 Å². The smallest absolute Gasteiger partial charge is 0.244 e. The molecule has 0 radical (unpaired) electrons. The van der Waals surface area contributed by atoms with Crippen LogP contribution in [0, 0.1) is 13.8 Å². The molecule has 3 heterocycles. The Morgan fingerprint density at radius 3 is 2.59 bits per heavy atom. The summed E-state index contributed by atoms with van der Waals surface area (Å²) in [5.74, 6) is 1.76. The van der Waals surface area contributed by atoms with Crippen molar-refractivity contribution in [2.75, 3.05) is 0 Å². The van der Waals surface area contributed by atoms with Crippen LogP contribution in [-0.4, -0.2) is 19.9 Å². The summed E-state index contributed by atoms with van der Waals surface area (Å²) in [6, 6.07) is 1.95. The number of aromatic nitrogens is 3. The molecule has 0 atom stereocenters. The molecule has 0 amide bonds. The molecular weight excluding hydrogens is 280 g/mol. The Morgan fingerprint density at radius 2 is 1.95 bits per heavy atom. The average Bonchev–Trinajstić information content (AvgIpc) is 2.95. The van der Waals surface area contributed by atoms with Crippen LogP contribution in [0.25, 0.3) is 5.70 Å². The lowest BCUT2D eigenvalue weighted by atomic mass is 10.2. The third-order valence-electron chi connectivity index (χ3n) is 3.34. The second-order valence-corrected chi connectivity index (χ2v) is 5.20. The fourth-order valence-electron chi connectivity index (χ4n) is 2.42. The van der Waals surface area contributed by atoms with Crippen molar-refractivity contribution in [1.29, 1.82) is 0 Å². The first-order valence-corrected chi connectivity index (χ1v) is 6.96. The van der Waals surface area contributed by atoms with Gasteiger partial charge in [0.05, 0.1) is 12.7 Å². The molecule has 2 aromatic rings. The van der Waals surface area contributed by atoms with Crippen LogP contribution in [0.3, 0.4) is 0 Å². The highest BCUT2D eigenvalue weighted by Crippen LogP contribution is 2.23. The number of aryl methyl sites for hydroxylation is 2. The van der Waals surface area contributed by atoms with Crippen LogP contribution in [-0.2, 0) is 6.54 Å². The maximum Gasteiger partial charge on any atom is 0.244 e. The average molecular weight is 298 g/mol. The lowest BCUT2D eigenvalue weighted by molar-refractivity contribution is 0.424. The first-order chi connectivity index (χ1) is 10.5. The van der Waals surface area contributed by atoms with E-state index in [2.05, 4.69) is 20.3 Å². The number of rotatable bonds is 3. The van der Waals surface area contributed by atoms with Crippen molar-refractivity contribution in [2.45, 2.75) is 27.3 Å². The monoisotopic (exact) mass is 298 g/mol. The molecule has 1 aliphatic rings. The van der Waals surface area contributed by atoms with Gasteiger partial charge in [0.1, 0.15) is 23.6 Å². The zero-order valence-corrected chi connectivity index (χ0v) is 12.8. The molecule has 0 fully saturated rings. The number of nitrogens with one attached hydrogen (secondary N) is 1. The van der Waals surface area contributed by atoms with Gasteiger partial charge in [-0.1, -0.05) is 0 Å². The topological polar surface area (TPSA) is 93.1 Å². The molecule has 0 aromatic carbocycles. The minimum Gasteiger partial charge on any atom is -0.443 e. The zero-order chi connectivity index (χ0) is 15.7. The number of nitrogens with two attached hydrogens (primary N) is 1. The SMILES string of the molecule is CC1=C(c2ncco2)NC(N)=CN1Cc1nc(C)cc(C)n1. The predicted octanol–water partition coefficient (Wildman–Crippen LogP) is 1.63. The molecule has 3 rings (SSSR count). The largest absolute Gasteiger partial charge is 0.443 e. The number of oxazole rings is 1. The molecule has 0 bridgehead atoms. The molecule has 1 aliphatic heterocycles. The molecule has 0 unspecified atom stereocenters. The first kappa shape index (κ1) is 14.1. The second-order valence-electron chi connectivity index (χ2n) is 5.20. The highest BCUT2D eigenvalue weighted by atomic mass is 16.3. The van der Waals surface area contributed by atoms with Crippen LogP contribution in [0.5, 0.6) is 0 Å². The van der Waals surface area contributed by atoms with Gasteiger partial charge in [-0.25, -0.2) is 15.0 Å². The van der Waals surface area contributed by atoms with E-state index < -0.39 is 0 Å². The first-order valence-electron chi connectivity index (χ1n) is 6.96. The van der Waals surface area contributed by atoms with Gasteiger partial charge in [0.15, 0.2) is 0 Å². The molecule has 0 saturated heterocycles. The third kappa shape index (κ3) is 2.78. The lowest BCUT2D eigenvalue weighted by Crippen LogP contribution is -2.32. The lowest BCUT2D eigenvalue weighted by Gasteiger charge is -2.28. The zero-order valence-electron chi connectivity index (χ0n) is 12.8. The van der Waals surface area contributed by atoms with Gasteiger partial charge in [-0.3, -0.25) is 0 Å². The molecule has 0 spiro atoms. The Morgan fingerprint density at radius 1 is 1.23 bits per heavy atom. The van der Waals surface area contributed by atoms with Crippen molar-refractivity contribution in [1.82, 2.24) is 25.2 Å². The van der Waals surface area contributed by atoms with E-state index >= 15 is 0 Å². The fourth-order valence-corrected chi connectivity index (χ4v) is 2.42. The normalized spacial score (nSPS) is 14.9. The Kier molecular flexibility index (Phi) is 3.54. The van der Waals surface area contributed by atoms with Gasteiger partial charge in [0.25, 0.3) is 0 Å². The summed E-state index contributed by atoms with van der Waals surface area (Å²) in [6.45, 7) is 6.42. The van der Waals surface area contributed by atoms with E-state index in [0.717, 1.165) is 28.6 Å². The minimum absolute atomic E-state index is 0.500. The van der Waals surface area contributed by atoms with Crippen molar-refractivity contribution in [2.24, 2.45) is 5.73 Å². The van der Waals surface area contributed by atoms with Gasteiger partial charge in [0, 0.05) is 23.3 Å². The molecular formula is C15H18N6O. The quantitative estimate of drug-likeness (QED) is 0.889. The summed E-state index contributed by atoms with van der Waals surface area (Å²) in [5, 5.41) is 3.09. The van der Waals surface area contributed by atoms with Crippen LogP contribution >= 0.6 is 0 Å². The standard InChI is InChI=1S/C15H18N6O/c1-9-6-10(2)19-13(18-9)8-21-7-12(16)20-14(11(21)3)15-17-4-5-22-15/h4-7,20H,8,16H2,1-3H3. The van der Waals surface area contributed by atoms with Crippen LogP contribution in [0.1, 0.15) is 30.0 Å². The fraction of sp³-hybridized carbons (Fsp3) is 0.267.